The van der Waals surface area contributed by atoms with E-state index in [-0.39, 0.29) is 6.54 Å². The van der Waals surface area contributed by atoms with Crippen molar-refractivity contribution in [2.24, 2.45) is 5.73 Å². The van der Waals surface area contributed by atoms with E-state index < -0.39 is 17.9 Å². The fourth-order valence-corrected chi connectivity index (χ4v) is 1.99. The number of hydrogen-bond donors (Lipinski definition) is 2. The third kappa shape index (κ3) is 3.67. The number of carbonyl (C=O) groups excluding carboxylic acids is 2. The number of anilines is 1. The number of nitrogens with two attached hydrogens (primary N) is 1. The standard InChI is InChI=1S/C16H16N2O3/c17-14(19)11-18(13-9-5-2-6-10-13)16(21)15(20)12-7-3-1-4-8-12/h1-10,15,20H,11H2,(H2,17,19). The molecule has 0 aliphatic carbocycles. The number of carbonyl (C=O) groups is 2. The van der Waals surface area contributed by atoms with E-state index in [1.54, 1.807) is 60.7 Å². The molecule has 0 aliphatic rings. The fourth-order valence-electron chi connectivity index (χ4n) is 1.99. The molecule has 2 amide bonds. The van der Waals surface area contributed by atoms with E-state index in [1.165, 1.54) is 4.90 Å². The summed E-state index contributed by atoms with van der Waals surface area (Å²) in [6.45, 7) is -0.285. The second-order valence-electron chi connectivity index (χ2n) is 4.54. The molecule has 21 heavy (non-hydrogen) atoms. The minimum absolute atomic E-state index is 0.285. The molecule has 5 nitrogen and oxygen atoms in total. The molecule has 0 heterocycles. The summed E-state index contributed by atoms with van der Waals surface area (Å²) in [7, 11) is 0. The average Bonchev–Trinajstić information content (AvgIpc) is 2.53. The van der Waals surface area contributed by atoms with Crippen molar-refractivity contribution in [3.63, 3.8) is 0 Å². The molecular formula is C16H16N2O3. The second-order valence-corrected chi connectivity index (χ2v) is 4.54. The van der Waals surface area contributed by atoms with E-state index in [2.05, 4.69) is 0 Å². The van der Waals surface area contributed by atoms with E-state index in [4.69, 9.17) is 5.73 Å². The molecule has 2 aromatic carbocycles. The average molecular weight is 284 g/mol. The lowest BCUT2D eigenvalue weighted by molar-refractivity contribution is -0.128. The van der Waals surface area contributed by atoms with E-state index in [0.717, 1.165) is 0 Å². The predicted molar refractivity (Wildman–Crippen MR) is 79.4 cm³/mol. The topological polar surface area (TPSA) is 83.6 Å². The molecule has 1 atom stereocenters. The molecule has 0 bridgehead atoms. The summed E-state index contributed by atoms with van der Waals surface area (Å²) in [6.07, 6.45) is -1.34. The molecule has 2 rings (SSSR count). The molecule has 1 unspecified atom stereocenters. The summed E-state index contributed by atoms with van der Waals surface area (Å²) in [5.74, 6) is -1.24. The van der Waals surface area contributed by atoms with Gasteiger partial charge in [-0.3, -0.25) is 9.59 Å². The van der Waals surface area contributed by atoms with Crippen LogP contribution in [-0.4, -0.2) is 23.5 Å². The highest BCUT2D eigenvalue weighted by atomic mass is 16.3. The lowest BCUT2D eigenvalue weighted by atomic mass is 10.1. The van der Waals surface area contributed by atoms with Crippen molar-refractivity contribution in [2.75, 3.05) is 11.4 Å². The van der Waals surface area contributed by atoms with Gasteiger partial charge in [0, 0.05) is 5.69 Å². The van der Waals surface area contributed by atoms with Gasteiger partial charge in [0.1, 0.15) is 6.54 Å². The van der Waals surface area contributed by atoms with Gasteiger partial charge in [0.05, 0.1) is 0 Å². The number of nitrogens with zero attached hydrogens (tertiary/aromatic N) is 1. The molecule has 0 spiro atoms. The molecule has 0 aromatic heterocycles. The summed E-state index contributed by atoms with van der Waals surface area (Å²) >= 11 is 0. The number of hydrogen-bond acceptors (Lipinski definition) is 3. The first-order valence-electron chi connectivity index (χ1n) is 6.47. The molecule has 0 aliphatic heterocycles. The lowest BCUT2D eigenvalue weighted by Gasteiger charge is -2.24. The SMILES string of the molecule is NC(=O)CN(C(=O)C(O)c1ccccc1)c1ccccc1. The summed E-state index contributed by atoms with van der Waals surface area (Å²) in [5.41, 5.74) is 6.17. The first-order valence-corrected chi connectivity index (χ1v) is 6.47. The van der Waals surface area contributed by atoms with Gasteiger partial charge < -0.3 is 15.7 Å². The number of primary amides is 1. The minimum atomic E-state index is -1.34. The van der Waals surface area contributed by atoms with E-state index >= 15 is 0 Å². The molecule has 0 saturated carbocycles. The molecule has 5 heteroatoms. The summed E-state index contributed by atoms with van der Waals surface area (Å²) < 4.78 is 0. The van der Waals surface area contributed by atoms with Gasteiger partial charge in [-0.1, -0.05) is 48.5 Å². The molecule has 3 N–H and O–H groups in total. The lowest BCUT2D eigenvalue weighted by Crippen LogP contribution is -2.41. The molecule has 0 radical (unpaired) electrons. The van der Waals surface area contributed by atoms with Crippen molar-refractivity contribution in [1.82, 2.24) is 0 Å². The van der Waals surface area contributed by atoms with Crippen LogP contribution in [0.1, 0.15) is 11.7 Å². The van der Waals surface area contributed by atoms with Gasteiger partial charge in [-0.25, -0.2) is 0 Å². The van der Waals surface area contributed by atoms with Crippen LogP contribution >= 0.6 is 0 Å². The van der Waals surface area contributed by atoms with Crippen LogP contribution in [-0.2, 0) is 9.59 Å². The fraction of sp³-hybridized carbons (Fsp3) is 0.125. The Bertz CT molecular complexity index is 614. The maximum absolute atomic E-state index is 12.4. The Kier molecular flexibility index (Phi) is 4.68. The third-order valence-corrected chi connectivity index (χ3v) is 3.00. The van der Waals surface area contributed by atoms with Crippen LogP contribution in [0.2, 0.25) is 0 Å². The number of rotatable bonds is 5. The zero-order valence-electron chi connectivity index (χ0n) is 11.3. The number of aliphatic hydroxyl groups excluding tert-OH is 1. The van der Waals surface area contributed by atoms with Gasteiger partial charge >= 0.3 is 0 Å². The van der Waals surface area contributed by atoms with Crippen LogP contribution in [0.25, 0.3) is 0 Å². The van der Waals surface area contributed by atoms with Crippen molar-refractivity contribution in [3.8, 4) is 0 Å². The van der Waals surface area contributed by atoms with Crippen LogP contribution in [0.4, 0.5) is 5.69 Å². The molecule has 2 aromatic rings. The Hall–Kier alpha value is -2.66. The highest BCUT2D eigenvalue weighted by molar-refractivity contribution is 6.01. The zero-order valence-corrected chi connectivity index (χ0v) is 11.3. The van der Waals surface area contributed by atoms with Gasteiger partial charge in [0.25, 0.3) is 5.91 Å². The van der Waals surface area contributed by atoms with Gasteiger partial charge in [0.2, 0.25) is 5.91 Å². The molecule has 0 fully saturated rings. The maximum Gasteiger partial charge on any atom is 0.260 e. The van der Waals surface area contributed by atoms with E-state index in [9.17, 15) is 14.7 Å². The Morgan fingerprint density at radius 3 is 2.05 bits per heavy atom. The first-order chi connectivity index (χ1) is 10.1. The van der Waals surface area contributed by atoms with Crippen molar-refractivity contribution in [1.29, 1.82) is 0 Å². The number of aliphatic hydroxyl groups is 1. The summed E-state index contributed by atoms with van der Waals surface area (Å²) in [4.78, 5) is 24.8. The summed E-state index contributed by atoms with van der Waals surface area (Å²) in [5, 5.41) is 10.2. The number of amides is 2. The van der Waals surface area contributed by atoms with Gasteiger partial charge in [-0.05, 0) is 17.7 Å². The normalized spacial score (nSPS) is 11.7. The Morgan fingerprint density at radius 1 is 1.00 bits per heavy atom. The Morgan fingerprint density at radius 2 is 1.52 bits per heavy atom. The minimum Gasteiger partial charge on any atom is -0.378 e. The highest BCUT2D eigenvalue weighted by Crippen LogP contribution is 2.20. The van der Waals surface area contributed by atoms with E-state index in [1.807, 2.05) is 0 Å². The molecule has 0 saturated heterocycles. The number of benzene rings is 2. The van der Waals surface area contributed by atoms with Crippen molar-refractivity contribution >= 4 is 17.5 Å². The van der Waals surface area contributed by atoms with Crippen molar-refractivity contribution in [3.05, 3.63) is 66.2 Å². The Labute approximate surface area is 122 Å². The van der Waals surface area contributed by atoms with Gasteiger partial charge in [-0.2, -0.15) is 0 Å². The first kappa shape index (κ1) is 14.7. The maximum atomic E-state index is 12.4. The quantitative estimate of drug-likeness (QED) is 0.866. The van der Waals surface area contributed by atoms with Crippen LogP contribution in [0.15, 0.2) is 60.7 Å². The van der Waals surface area contributed by atoms with Gasteiger partial charge in [0.15, 0.2) is 6.10 Å². The molecular weight excluding hydrogens is 268 g/mol. The summed E-state index contributed by atoms with van der Waals surface area (Å²) in [6, 6.07) is 17.2. The highest BCUT2D eigenvalue weighted by Gasteiger charge is 2.25. The third-order valence-electron chi connectivity index (χ3n) is 3.00. The van der Waals surface area contributed by atoms with E-state index in [0.29, 0.717) is 11.3 Å². The van der Waals surface area contributed by atoms with Crippen LogP contribution < -0.4 is 10.6 Å². The van der Waals surface area contributed by atoms with Crippen molar-refractivity contribution < 1.29 is 14.7 Å². The monoisotopic (exact) mass is 284 g/mol. The van der Waals surface area contributed by atoms with Crippen LogP contribution in [0.3, 0.4) is 0 Å². The van der Waals surface area contributed by atoms with Crippen LogP contribution in [0.5, 0.6) is 0 Å². The largest absolute Gasteiger partial charge is 0.378 e. The predicted octanol–water partition coefficient (Wildman–Crippen LogP) is 1.24. The zero-order chi connectivity index (χ0) is 15.2. The van der Waals surface area contributed by atoms with Crippen molar-refractivity contribution in [2.45, 2.75) is 6.10 Å². The Balaban J connectivity index is 2.28. The van der Waals surface area contributed by atoms with Gasteiger partial charge in [-0.15, -0.1) is 0 Å². The second kappa shape index (κ2) is 6.67. The molecule has 108 valence electrons. The van der Waals surface area contributed by atoms with Crippen LogP contribution in [0, 0.1) is 0 Å². The smallest absolute Gasteiger partial charge is 0.260 e. The number of para-hydroxylation sites is 1.